The van der Waals surface area contributed by atoms with Crippen LogP contribution in [-0.2, 0) is 7.05 Å². The molecule has 8 heteroatoms. The molecule has 0 fully saturated rings. The van der Waals surface area contributed by atoms with E-state index in [4.69, 9.17) is 4.74 Å². The van der Waals surface area contributed by atoms with Crippen molar-refractivity contribution in [3.63, 3.8) is 0 Å². The van der Waals surface area contributed by atoms with Crippen molar-refractivity contribution in [3.8, 4) is 5.88 Å². The first-order chi connectivity index (χ1) is 8.67. The molecule has 0 amide bonds. The van der Waals surface area contributed by atoms with Crippen LogP contribution in [0.15, 0.2) is 16.7 Å². The van der Waals surface area contributed by atoms with Crippen molar-refractivity contribution in [1.29, 1.82) is 0 Å². The van der Waals surface area contributed by atoms with E-state index in [1.54, 1.807) is 17.9 Å². The summed E-state index contributed by atoms with van der Waals surface area (Å²) in [5, 5.41) is 19.2. The van der Waals surface area contributed by atoms with Gasteiger partial charge in [-0.1, -0.05) is 5.21 Å². The molecule has 0 aliphatic heterocycles. The number of aryl methyl sites for hydroxylation is 1. The van der Waals surface area contributed by atoms with Crippen molar-refractivity contribution in [1.82, 2.24) is 30.5 Å². The average Bonchev–Trinajstić information content (AvgIpc) is 2.72. The number of hydrogen-bond acceptors (Lipinski definition) is 6. The summed E-state index contributed by atoms with van der Waals surface area (Å²) in [5.74, 6) is 0.482. The number of nitrogens with zero attached hydrogens (tertiary/aromatic N) is 5. The first-order valence-corrected chi connectivity index (χ1v) is 6.06. The fourth-order valence-corrected chi connectivity index (χ4v) is 2.22. The molecule has 0 radical (unpaired) electrons. The van der Waals surface area contributed by atoms with E-state index < -0.39 is 0 Å². The van der Waals surface area contributed by atoms with Crippen LogP contribution in [0, 0.1) is 0 Å². The fraction of sp³-hybridized carbons (Fsp3) is 0.400. The molecule has 18 heavy (non-hydrogen) atoms. The topological polar surface area (TPSA) is 77.8 Å². The van der Waals surface area contributed by atoms with Gasteiger partial charge in [0.15, 0.2) is 4.60 Å². The van der Waals surface area contributed by atoms with Crippen LogP contribution in [0.3, 0.4) is 0 Å². The first kappa shape index (κ1) is 12.9. The molecule has 0 saturated carbocycles. The predicted octanol–water partition coefficient (Wildman–Crippen LogP) is 0.685. The van der Waals surface area contributed by atoms with Crippen LogP contribution >= 0.6 is 15.9 Å². The third-order valence-electron chi connectivity index (χ3n) is 2.55. The smallest absolute Gasteiger partial charge is 0.233 e. The van der Waals surface area contributed by atoms with E-state index in [0.29, 0.717) is 10.5 Å². The molecule has 2 rings (SSSR count). The Morgan fingerprint density at radius 1 is 1.33 bits per heavy atom. The van der Waals surface area contributed by atoms with Gasteiger partial charge < -0.3 is 10.1 Å². The molecule has 0 bridgehead atoms. The molecule has 0 spiro atoms. The van der Waals surface area contributed by atoms with Crippen LogP contribution in [0.4, 0.5) is 0 Å². The third kappa shape index (κ3) is 2.34. The van der Waals surface area contributed by atoms with Crippen molar-refractivity contribution in [2.24, 2.45) is 7.05 Å². The molecule has 0 saturated heterocycles. The van der Waals surface area contributed by atoms with Crippen LogP contribution in [0.2, 0.25) is 0 Å². The molecule has 1 N–H and O–H groups in total. The SMILES string of the molecule is CNC(c1ccc(OC)nn1)c1c(Br)nnn1C. The van der Waals surface area contributed by atoms with Gasteiger partial charge in [-0.25, -0.2) is 4.68 Å². The predicted molar refractivity (Wildman–Crippen MR) is 68.2 cm³/mol. The summed E-state index contributed by atoms with van der Waals surface area (Å²) in [6.07, 6.45) is 0. The van der Waals surface area contributed by atoms with Crippen molar-refractivity contribution in [2.75, 3.05) is 14.2 Å². The summed E-state index contributed by atoms with van der Waals surface area (Å²) < 4.78 is 7.36. The summed E-state index contributed by atoms with van der Waals surface area (Å²) in [7, 11) is 5.23. The zero-order valence-corrected chi connectivity index (χ0v) is 11.8. The van der Waals surface area contributed by atoms with Gasteiger partial charge in [0.2, 0.25) is 5.88 Å². The number of rotatable bonds is 4. The van der Waals surface area contributed by atoms with Gasteiger partial charge in [-0.15, -0.1) is 15.3 Å². The highest BCUT2D eigenvalue weighted by atomic mass is 79.9. The highest BCUT2D eigenvalue weighted by molar-refractivity contribution is 9.10. The summed E-state index contributed by atoms with van der Waals surface area (Å²) in [5.41, 5.74) is 1.65. The summed E-state index contributed by atoms with van der Waals surface area (Å²) >= 11 is 3.38. The van der Waals surface area contributed by atoms with Gasteiger partial charge in [-0.05, 0) is 29.0 Å². The summed E-state index contributed by atoms with van der Waals surface area (Å²) in [4.78, 5) is 0. The second-order valence-corrected chi connectivity index (χ2v) is 4.36. The standard InChI is InChI=1S/C10H13BrN6O/c1-12-8(9-10(11)15-16-17(9)2)6-4-5-7(18-3)14-13-6/h4-5,8,12H,1-3H3. The minimum atomic E-state index is -0.141. The molecule has 2 aromatic heterocycles. The molecular formula is C10H13BrN6O. The van der Waals surface area contributed by atoms with Gasteiger partial charge in [-0.2, -0.15) is 0 Å². The van der Waals surface area contributed by atoms with E-state index in [1.165, 1.54) is 0 Å². The lowest BCUT2D eigenvalue weighted by Gasteiger charge is -2.15. The van der Waals surface area contributed by atoms with E-state index in [-0.39, 0.29) is 6.04 Å². The van der Waals surface area contributed by atoms with Gasteiger partial charge in [0.1, 0.15) is 0 Å². The molecule has 2 heterocycles. The van der Waals surface area contributed by atoms with Crippen LogP contribution in [0.25, 0.3) is 0 Å². The second-order valence-electron chi connectivity index (χ2n) is 3.61. The van der Waals surface area contributed by atoms with Crippen LogP contribution in [0.1, 0.15) is 17.4 Å². The van der Waals surface area contributed by atoms with Crippen LogP contribution in [0.5, 0.6) is 5.88 Å². The van der Waals surface area contributed by atoms with Crippen molar-refractivity contribution >= 4 is 15.9 Å². The normalized spacial score (nSPS) is 12.4. The Morgan fingerprint density at radius 3 is 2.56 bits per heavy atom. The van der Waals surface area contributed by atoms with E-state index >= 15 is 0 Å². The zero-order chi connectivity index (χ0) is 13.1. The molecule has 96 valence electrons. The Bertz CT molecular complexity index is 506. The third-order valence-corrected chi connectivity index (χ3v) is 3.12. The van der Waals surface area contributed by atoms with Gasteiger partial charge >= 0.3 is 0 Å². The zero-order valence-electron chi connectivity index (χ0n) is 10.3. The largest absolute Gasteiger partial charge is 0.480 e. The maximum Gasteiger partial charge on any atom is 0.233 e. The van der Waals surface area contributed by atoms with Crippen molar-refractivity contribution in [2.45, 2.75) is 6.04 Å². The molecule has 0 aliphatic rings. The van der Waals surface area contributed by atoms with E-state index in [0.717, 1.165) is 11.4 Å². The Balaban J connectivity index is 2.39. The summed E-state index contributed by atoms with van der Waals surface area (Å²) in [6, 6.07) is 3.48. The quantitative estimate of drug-likeness (QED) is 0.894. The second kappa shape index (κ2) is 5.40. The van der Waals surface area contributed by atoms with Crippen molar-refractivity contribution < 1.29 is 4.74 Å². The Hall–Kier alpha value is -1.54. The molecule has 1 unspecified atom stereocenters. The molecular weight excluding hydrogens is 300 g/mol. The molecule has 1 atom stereocenters. The monoisotopic (exact) mass is 312 g/mol. The molecule has 0 aliphatic carbocycles. The highest BCUT2D eigenvalue weighted by Crippen LogP contribution is 2.25. The number of methoxy groups -OCH3 is 1. The molecule has 7 nitrogen and oxygen atoms in total. The van der Waals surface area contributed by atoms with Gasteiger partial charge in [-0.3, -0.25) is 0 Å². The van der Waals surface area contributed by atoms with Crippen LogP contribution < -0.4 is 10.1 Å². The fourth-order valence-electron chi connectivity index (χ4n) is 1.66. The lowest BCUT2D eigenvalue weighted by atomic mass is 10.1. The summed E-state index contributed by atoms with van der Waals surface area (Å²) in [6.45, 7) is 0. The number of halogens is 1. The van der Waals surface area contributed by atoms with Crippen molar-refractivity contribution in [3.05, 3.63) is 28.1 Å². The van der Waals surface area contributed by atoms with Gasteiger partial charge in [0, 0.05) is 13.1 Å². The van der Waals surface area contributed by atoms with Crippen LogP contribution in [-0.4, -0.2) is 39.3 Å². The Labute approximate surface area is 113 Å². The van der Waals surface area contributed by atoms with E-state index in [2.05, 4.69) is 41.8 Å². The number of hydrogen-bond donors (Lipinski definition) is 1. The highest BCUT2D eigenvalue weighted by Gasteiger charge is 2.22. The Kier molecular flexibility index (Phi) is 3.87. The minimum absolute atomic E-state index is 0.141. The Morgan fingerprint density at radius 2 is 2.11 bits per heavy atom. The van der Waals surface area contributed by atoms with E-state index in [1.807, 2.05) is 20.2 Å². The van der Waals surface area contributed by atoms with Gasteiger partial charge in [0.25, 0.3) is 0 Å². The number of aromatic nitrogens is 5. The average molecular weight is 313 g/mol. The maximum absolute atomic E-state index is 4.99. The maximum atomic E-state index is 4.99. The lowest BCUT2D eigenvalue weighted by molar-refractivity contribution is 0.390. The van der Waals surface area contributed by atoms with Gasteiger partial charge in [0.05, 0.1) is 24.5 Å². The first-order valence-electron chi connectivity index (χ1n) is 5.27. The lowest BCUT2D eigenvalue weighted by Crippen LogP contribution is -2.22. The number of ether oxygens (including phenoxy) is 1. The number of nitrogens with one attached hydrogen (secondary N) is 1. The minimum Gasteiger partial charge on any atom is -0.480 e. The molecule has 2 aromatic rings. The molecule has 0 aromatic carbocycles. The van der Waals surface area contributed by atoms with E-state index in [9.17, 15) is 0 Å².